The second kappa shape index (κ2) is 6.32. The first-order valence-corrected chi connectivity index (χ1v) is 8.57. The van der Waals surface area contributed by atoms with Crippen molar-refractivity contribution in [2.24, 2.45) is 11.8 Å². The largest absolute Gasteiger partial charge is 0.311 e. The zero-order valence-corrected chi connectivity index (χ0v) is 13.9. The summed E-state index contributed by atoms with van der Waals surface area (Å²) in [7, 11) is 0. The van der Waals surface area contributed by atoms with Gasteiger partial charge in [0.25, 0.3) is 0 Å². The van der Waals surface area contributed by atoms with Gasteiger partial charge in [-0.1, -0.05) is 6.07 Å². The van der Waals surface area contributed by atoms with Crippen molar-refractivity contribution in [3.8, 4) is 0 Å². The third-order valence-electron chi connectivity index (χ3n) is 5.11. The molecule has 4 rings (SSSR count). The second-order valence-electron chi connectivity index (χ2n) is 6.82. The molecular weight excluding hydrogens is 300 g/mol. The molecule has 2 atom stereocenters. The zero-order valence-electron chi connectivity index (χ0n) is 13.9. The van der Waals surface area contributed by atoms with Crippen LogP contribution >= 0.6 is 0 Å². The van der Waals surface area contributed by atoms with Crippen molar-refractivity contribution in [1.29, 1.82) is 0 Å². The van der Waals surface area contributed by atoms with Crippen LogP contribution in [0.1, 0.15) is 17.8 Å². The van der Waals surface area contributed by atoms with Gasteiger partial charge in [0.1, 0.15) is 0 Å². The fourth-order valence-electron chi connectivity index (χ4n) is 3.95. The van der Waals surface area contributed by atoms with Crippen LogP contribution in [-0.2, 0) is 11.3 Å². The Morgan fingerprint density at radius 1 is 1.21 bits per heavy atom. The van der Waals surface area contributed by atoms with Gasteiger partial charge in [-0.2, -0.15) is 0 Å². The van der Waals surface area contributed by atoms with Gasteiger partial charge in [-0.05, 0) is 43.5 Å². The number of likely N-dealkylation sites (tertiary alicyclic amines) is 1. The number of amides is 1. The fraction of sp³-hybridized carbons (Fsp3) is 0.421. The van der Waals surface area contributed by atoms with Crippen molar-refractivity contribution < 1.29 is 4.79 Å². The van der Waals surface area contributed by atoms with Crippen LogP contribution in [0.15, 0.2) is 42.7 Å². The van der Waals surface area contributed by atoms with E-state index in [0.717, 1.165) is 49.7 Å². The minimum Gasteiger partial charge on any atom is -0.311 e. The quantitative estimate of drug-likeness (QED) is 0.870. The number of aromatic nitrogens is 2. The molecule has 1 amide bonds. The number of piperidine rings is 1. The summed E-state index contributed by atoms with van der Waals surface area (Å²) in [5.74, 6) is 0.818. The predicted octanol–water partition coefficient (Wildman–Crippen LogP) is 2.27. The first-order chi connectivity index (χ1) is 11.7. The van der Waals surface area contributed by atoms with Crippen molar-refractivity contribution in [3.05, 3.63) is 54.1 Å². The molecule has 4 heterocycles. The Morgan fingerprint density at radius 3 is 2.92 bits per heavy atom. The molecule has 2 aliphatic rings. The van der Waals surface area contributed by atoms with Gasteiger partial charge in [0.15, 0.2) is 0 Å². The van der Waals surface area contributed by atoms with Crippen molar-refractivity contribution >= 4 is 11.6 Å². The van der Waals surface area contributed by atoms with Crippen LogP contribution < -0.4 is 4.90 Å². The standard InChI is InChI=1S/C19H22N4O/c1-14-4-2-5-16(21-14)12-22-11-15-7-9-23(19(24)18(15)13-22)17-6-3-8-20-10-17/h2-6,8,10,15,18H,7,9,11-13H2,1H3. The molecular formula is C19H22N4O. The van der Waals surface area contributed by atoms with E-state index in [9.17, 15) is 4.79 Å². The van der Waals surface area contributed by atoms with E-state index in [4.69, 9.17) is 0 Å². The molecule has 0 spiro atoms. The molecule has 2 fully saturated rings. The Kier molecular flexibility index (Phi) is 4.02. The molecule has 2 saturated heterocycles. The molecule has 5 nitrogen and oxygen atoms in total. The van der Waals surface area contributed by atoms with Gasteiger partial charge < -0.3 is 4.90 Å². The molecule has 5 heteroatoms. The van der Waals surface area contributed by atoms with E-state index in [1.54, 1.807) is 12.4 Å². The minimum atomic E-state index is 0.101. The summed E-state index contributed by atoms with van der Waals surface area (Å²) in [4.78, 5) is 25.9. The molecule has 2 unspecified atom stereocenters. The van der Waals surface area contributed by atoms with Crippen LogP contribution in [0.2, 0.25) is 0 Å². The number of carbonyl (C=O) groups excluding carboxylic acids is 1. The van der Waals surface area contributed by atoms with E-state index in [1.165, 1.54) is 0 Å². The van der Waals surface area contributed by atoms with Crippen LogP contribution in [0.25, 0.3) is 0 Å². The molecule has 0 radical (unpaired) electrons. The van der Waals surface area contributed by atoms with Gasteiger partial charge >= 0.3 is 0 Å². The summed E-state index contributed by atoms with van der Waals surface area (Å²) in [6.07, 6.45) is 4.58. The lowest BCUT2D eigenvalue weighted by Gasteiger charge is -2.33. The van der Waals surface area contributed by atoms with Gasteiger partial charge in [0, 0.05) is 38.1 Å². The third-order valence-corrected chi connectivity index (χ3v) is 5.11. The lowest BCUT2D eigenvalue weighted by Crippen LogP contribution is -2.45. The maximum Gasteiger partial charge on any atom is 0.231 e. The van der Waals surface area contributed by atoms with Crippen LogP contribution in [0.5, 0.6) is 0 Å². The van der Waals surface area contributed by atoms with E-state index in [2.05, 4.69) is 27.0 Å². The monoisotopic (exact) mass is 322 g/mol. The maximum atomic E-state index is 12.9. The highest BCUT2D eigenvalue weighted by molar-refractivity contribution is 5.96. The molecule has 24 heavy (non-hydrogen) atoms. The van der Waals surface area contributed by atoms with Gasteiger partial charge in [-0.25, -0.2) is 0 Å². The van der Waals surface area contributed by atoms with E-state index >= 15 is 0 Å². The van der Waals surface area contributed by atoms with E-state index in [0.29, 0.717) is 5.92 Å². The third kappa shape index (κ3) is 2.91. The van der Waals surface area contributed by atoms with Crippen LogP contribution in [0, 0.1) is 18.8 Å². The Bertz CT molecular complexity index is 733. The molecule has 0 aromatic carbocycles. The van der Waals surface area contributed by atoms with Crippen molar-refractivity contribution in [1.82, 2.24) is 14.9 Å². The Morgan fingerprint density at radius 2 is 2.12 bits per heavy atom. The number of nitrogens with zero attached hydrogens (tertiary/aromatic N) is 4. The fourth-order valence-corrected chi connectivity index (χ4v) is 3.95. The second-order valence-corrected chi connectivity index (χ2v) is 6.82. The summed E-state index contributed by atoms with van der Waals surface area (Å²) in [6, 6.07) is 9.99. The van der Waals surface area contributed by atoms with Crippen molar-refractivity contribution in [2.75, 3.05) is 24.5 Å². The lowest BCUT2D eigenvalue weighted by molar-refractivity contribution is -0.124. The summed E-state index contributed by atoms with van der Waals surface area (Å²) >= 11 is 0. The average molecular weight is 322 g/mol. The van der Waals surface area contributed by atoms with E-state index in [1.807, 2.05) is 30.0 Å². The number of pyridine rings is 2. The Balaban J connectivity index is 1.46. The number of hydrogen-bond donors (Lipinski definition) is 0. The smallest absolute Gasteiger partial charge is 0.231 e. The zero-order chi connectivity index (χ0) is 16.5. The Labute approximate surface area is 142 Å². The van der Waals surface area contributed by atoms with Crippen LogP contribution in [0.4, 0.5) is 5.69 Å². The number of aryl methyl sites for hydroxylation is 1. The molecule has 2 aromatic heterocycles. The summed E-state index contributed by atoms with van der Waals surface area (Å²) in [5.41, 5.74) is 3.05. The van der Waals surface area contributed by atoms with Gasteiger partial charge in [0.2, 0.25) is 5.91 Å². The highest BCUT2D eigenvalue weighted by atomic mass is 16.2. The highest BCUT2D eigenvalue weighted by Crippen LogP contribution is 2.34. The molecule has 0 aliphatic carbocycles. The topological polar surface area (TPSA) is 49.3 Å². The molecule has 2 aliphatic heterocycles. The summed E-state index contributed by atoms with van der Waals surface area (Å²) in [5, 5.41) is 0. The molecule has 0 saturated carbocycles. The normalized spacial score (nSPS) is 24.2. The number of hydrogen-bond acceptors (Lipinski definition) is 4. The number of carbonyl (C=O) groups is 1. The SMILES string of the molecule is Cc1cccc(CN2CC3CCN(c4cccnc4)C(=O)C3C2)n1. The average Bonchev–Trinajstić information content (AvgIpc) is 2.99. The first-order valence-electron chi connectivity index (χ1n) is 8.57. The number of fused-ring (bicyclic) bond motifs is 1. The van der Waals surface area contributed by atoms with Gasteiger partial charge in [-0.15, -0.1) is 0 Å². The summed E-state index contributed by atoms with van der Waals surface area (Å²) in [6.45, 7) is 5.46. The summed E-state index contributed by atoms with van der Waals surface area (Å²) < 4.78 is 0. The number of rotatable bonds is 3. The van der Waals surface area contributed by atoms with Crippen LogP contribution in [-0.4, -0.2) is 40.4 Å². The Hall–Kier alpha value is -2.27. The van der Waals surface area contributed by atoms with Crippen LogP contribution in [0.3, 0.4) is 0 Å². The maximum absolute atomic E-state index is 12.9. The van der Waals surface area contributed by atoms with Crippen molar-refractivity contribution in [3.63, 3.8) is 0 Å². The van der Waals surface area contributed by atoms with Gasteiger partial charge in [-0.3, -0.25) is 19.7 Å². The van der Waals surface area contributed by atoms with E-state index in [-0.39, 0.29) is 11.8 Å². The highest BCUT2D eigenvalue weighted by Gasteiger charge is 2.43. The predicted molar refractivity (Wildman–Crippen MR) is 92.4 cm³/mol. The number of anilines is 1. The lowest BCUT2D eigenvalue weighted by atomic mass is 9.88. The van der Waals surface area contributed by atoms with Crippen molar-refractivity contribution in [2.45, 2.75) is 19.9 Å². The molecule has 0 N–H and O–H groups in total. The van der Waals surface area contributed by atoms with Gasteiger partial charge in [0.05, 0.1) is 23.5 Å². The molecule has 0 bridgehead atoms. The minimum absolute atomic E-state index is 0.101. The molecule has 124 valence electrons. The van der Waals surface area contributed by atoms with E-state index < -0.39 is 0 Å². The molecule has 2 aromatic rings. The first kappa shape index (κ1) is 15.3.